The predicted molar refractivity (Wildman–Crippen MR) is 53.9 cm³/mol. The van der Waals surface area contributed by atoms with Gasteiger partial charge in [-0.05, 0) is 18.6 Å². The van der Waals surface area contributed by atoms with Gasteiger partial charge in [0.2, 0.25) is 0 Å². The number of nitrogens with zero attached hydrogens (tertiary/aromatic N) is 1. The van der Waals surface area contributed by atoms with E-state index < -0.39 is 9.84 Å². The van der Waals surface area contributed by atoms with Gasteiger partial charge in [-0.1, -0.05) is 6.07 Å². The van der Waals surface area contributed by atoms with Crippen molar-refractivity contribution in [3.63, 3.8) is 0 Å². The summed E-state index contributed by atoms with van der Waals surface area (Å²) in [6.45, 7) is 1.77. The van der Waals surface area contributed by atoms with E-state index in [1.165, 1.54) is 12.6 Å². The van der Waals surface area contributed by atoms with Crippen molar-refractivity contribution >= 4 is 20.9 Å². The van der Waals surface area contributed by atoms with Gasteiger partial charge in [-0.3, -0.25) is 0 Å². The fraction of sp³-hybridized carbons (Fsp3) is 0.222. The Morgan fingerprint density at radius 1 is 1.36 bits per heavy atom. The van der Waals surface area contributed by atoms with E-state index in [0.717, 1.165) is 11.1 Å². The van der Waals surface area contributed by atoms with E-state index >= 15 is 0 Å². The Hall–Kier alpha value is -1.36. The molecule has 0 fully saturated rings. The number of H-pyrrole nitrogens is 1. The molecule has 0 spiro atoms. The lowest BCUT2D eigenvalue weighted by Gasteiger charge is -2.03. The van der Waals surface area contributed by atoms with Crippen molar-refractivity contribution in [2.45, 2.75) is 11.8 Å². The molecule has 0 bridgehead atoms. The molecule has 2 aromatic rings. The summed E-state index contributed by atoms with van der Waals surface area (Å²) in [6.07, 6.45) is 2.70. The zero-order chi connectivity index (χ0) is 10.3. The van der Waals surface area contributed by atoms with E-state index in [9.17, 15) is 8.42 Å². The number of aromatic nitrogens is 2. The molecule has 2 rings (SSSR count). The third kappa shape index (κ3) is 1.29. The van der Waals surface area contributed by atoms with Gasteiger partial charge in [0.05, 0.1) is 16.7 Å². The maximum Gasteiger partial charge on any atom is 0.177 e. The highest BCUT2D eigenvalue weighted by atomic mass is 32.2. The van der Waals surface area contributed by atoms with Crippen LogP contribution in [0.25, 0.3) is 11.0 Å². The van der Waals surface area contributed by atoms with Gasteiger partial charge in [-0.2, -0.15) is 0 Å². The Morgan fingerprint density at radius 3 is 2.71 bits per heavy atom. The Kier molecular flexibility index (Phi) is 1.85. The van der Waals surface area contributed by atoms with E-state index in [0.29, 0.717) is 10.4 Å². The summed E-state index contributed by atoms with van der Waals surface area (Å²) in [4.78, 5) is 7.21. The van der Waals surface area contributed by atoms with Crippen LogP contribution in [0.2, 0.25) is 0 Å². The highest BCUT2D eigenvalue weighted by Crippen LogP contribution is 2.23. The molecule has 0 aliphatic heterocycles. The molecule has 1 N–H and O–H groups in total. The molecule has 0 amide bonds. The molecule has 0 aliphatic rings. The molecule has 0 unspecified atom stereocenters. The fourth-order valence-corrected chi connectivity index (χ4v) is 2.72. The van der Waals surface area contributed by atoms with Crippen LogP contribution in [0.15, 0.2) is 23.4 Å². The highest BCUT2D eigenvalue weighted by molar-refractivity contribution is 7.91. The molecule has 1 aromatic carbocycles. The molecule has 0 atom stereocenters. The van der Waals surface area contributed by atoms with Gasteiger partial charge in [-0.15, -0.1) is 0 Å². The lowest BCUT2D eigenvalue weighted by molar-refractivity contribution is 0.602. The first-order chi connectivity index (χ1) is 6.50. The molecule has 0 saturated carbocycles. The van der Waals surface area contributed by atoms with Gasteiger partial charge in [0.25, 0.3) is 0 Å². The summed E-state index contributed by atoms with van der Waals surface area (Å²) in [5.41, 5.74) is 2.00. The van der Waals surface area contributed by atoms with Gasteiger partial charge in [0.15, 0.2) is 9.84 Å². The summed E-state index contributed by atoms with van der Waals surface area (Å²) in [7, 11) is -3.21. The molecule has 4 nitrogen and oxygen atoms in total. The molecular weight excluding hydrogens is 200 g/mol. The second-order valence-corrected chi connectivity index (χ2v) is 5.24. The van der Waals surface area contributed by atoms with Crippen molar-refractivity contribution in [1.29, 1.82) is 0 Å². The van der Waals surface area contributed by atoms with Gasteiger partial charge < -0.3 is 4.98 Å². The van der Waals surface area contributed by atoms with Crippen LogP contribution in [0.4, 0.5) is 0 Å². The minimum absolute atomic E-state index is 0.316. The van der Waals surface area contributed by atoms with Crippen LogP contribution >= 0.6 is 0 Å². The minimum atomic E-state index is -3.21. The smallest absolute Gasteiger partial charge is 0.177 e. The van der Waals surface area contributed by atoms with E-state index in [4.69, 9.17) is 0 Å². The summed E-state index contributed by atoms with van der Waals surface area (Å²) >= 11 is 0. The number of hydrogen-bond acceptors (Lipinski definition) is 3. The molecule has 1 heterocycles. The van der Waals surface area contributed by atoms with Gasteiger partial charge >= 0.3 is 0 Å². The Bertz CT molecular complexity index is 584. The molecule has 74 valence electrons. The van der Waals surface area contributed by atoms with Gasteiger partial charge in [-0.25, -0.2) is 13.4 Å². The number of rotatable bonds is 1. The zero-order valence-electron chi connectivity index (χ0n) is 7.90. The number of hydrogen-bond donors (Lipinski definition) is 1. The van der Waals surface area contributed by atoms with Crippen LogP contribution in [0.5, 0.6) is 0 Å². The third-order valence-corrected chi connectivity index (χ3v) is 3.37. The first kappa shape index (κ1) is 9.21. The number of fused-ring (bicyclic) bond motifs is 1. The second kappa shape index (κ2) is 2.81. The normalized spacial score (nSPS) is 12.1. The Balaban J connectivity index is 2.98. The number of sulfone groups is 1. The number of benzene rings is 1. The maximum atomic E-state index is 11.5. The summed E-state index contributed by atoms with van der Waals surface area (Å²) in [6, 6.07) is 3.60. The molecule has 1 aromatic heterocycles. The van der Waals surface area contributed by atoms with Crippen LogP contribution in [0.1, 0.15) is 5.56 Å². The zero-order valence-corrected chi connectivity index (χ0v) is 8.72. The van der Waals surface area contributed by atoms with E-state index in [2.05, 4.69) is 9.97 Å². The van der Waals surface area contributed by atoms with E-state index in [1.807, 2.05) is 6.07 Å². The third-order valence-electron chi connectivity index (χ3n) is 2.11. The Labute approximate surface area is 81.9 Å². The number of imidazole rings is 1. The van der Waals surface area contributed by atoms with Crippen LogP contribution in [0.3, 0.4) is 0 Å². The van der Waals surface area contributed by atoms with Crippen molar-refractivity contribution in [3.8, 4) is 0 Å². The fourth-order valence-electron chi connectivity index (χ4n) is 1.55. The lowest BCUT2D eigenvalue weighted by Crippen LogP contribution is -2.01. The van der Waals surface area contributed by atoms with Crippen molar-refractivity contribution in [3.05, 3.63) is 24.0 Å². The summed E-state index contributed by atoms with van der Waals surface area (Å²) in [5.74, 6) is 0. The highest BCUT2D eigenvalue weighted by Gasteiger charge is 2.16. The first-order valence-electron chi connectivity index (χ1n) is 4.13. The van der Waals surface area contributed by atoms with Crippen molar-refractivity contribution in [2.24, 2.45) is 0 Å². The minimum Gasteiger partial charge on any atom is -0.345 e. The molecule has 0 aliphatic carbocycles. The van der Waals surface area contributed by atoms with Crippen LogP contribution < -0.4 is 0 Å². The molecular formula is C9H10N2O2S. The quantitative estimate of drug-likeness (QED) is 0.771. The number of aryl methyl sites for hydroxylation is 1. The van der Waals surface area contributed by atoms with Crippen LogP contribution in [-0.2, 0) is 9.84 Å². The predicted octanol–water partition coefficient (Wildman–Crippen LogP) is 1.27. The van der Waals surface area contributed by atoms with Crippen molar-refractivity contribution < 1.29 is 8.42 Å². The molecule has 0 saturated heterocycles. The standard InChI is InChI=1S/C9H10N2O2S/c1-6-3-4-7-8(11-5-10-7)9(6)14(2,12)13/h3-5H,1-2H3,(H,10,11). The monoisotopic (exact) mass is 210 g/mol. The lowest BCUT2D eigenvalue weighted by atomic mass is 10.2. The largest absolute Gasteiger partial charge is 0.345 e. The first-order valence-corrected chi connectivity index (χ1v) is 6.02. The Morgan fingerprint density at radius 2 is 2.07 bits per heavy atom. The number of aromatic amines is 1. The van der Waals surface area contributed by atoms with E-state index in [1.54, 1.807) is 13.0 Å². The average Bonchev–Trinajstić information content (AvgIpc) is 2.48. The maximum absolute atomic E-state index is 11.5. The van der Waals surface area contributed by atoms with E-state index in [-0.39, 0.29) is 0 Å². The SMILES string of the molecule is Cc1ccc2[nH]cnc2c1S(C)(=O)=O. The topological polar surface area (TPSA) is 62.8 Å². The van der Waals surface area contributed by atoms with Gasteiger partial charge in [0, 0.05) is 6.26 Å². The van der Waals surface area contributed by atoms with Gasteiger partial charge in [0.1, 0.15) is 5.52 Å². The molecule has 14 heavy (non-hydrogen) atoms. The second-order valence-electron chi connectivity index (χ2n) is 3.28. The number of nitrogens with one attached hydrogen (secondary N) is 1. The van der Waals surface area contributed by atoms with Crippen LogP contribution in [0, 0.1) is 6.92 Å². The average molecular weight is 210 g/mol. The molecule has 0 radical (unpaired) electrons. The van der Waals surface area contributed by atoms with Crippen LogP contribution in [-0.4, -0.2) is 24.6 Å². The summed E-state index contributed by atoms with van der Waals surface area (Å²) in [5, 5.41) is 0. The van der Waals surface area contributed by atoms with Crippen molar-refractivity contribution in [1.82, 2.24) is 9.97 Å². The molecule has 5 heteroatoms. The van der Waals surface area contributed by atoms with Crippen molar-refractivity contribution in [2.75, 3.05) is 6.26 Å². The summed E-state index contributed by atoms with van der Waals surface area (Å²) < 4.78 is 23.0.